The van der Waals surface area contributed by atoms with Gasteiger partial charge >= 0.3 is 6.01 Å². The largest absolute Gasteiger partial charge is 0.408 e. The van der Waals surface area contributed by atoms with Crippen molar-refractivity contribution in [2.24, 2.45) is 11.0 Å². The van der Waals surface area contributed by atoms with E-state index in [2.05, 4.69) is 15.3 Å². The molecule has 28 heavy (non-hydrogen) atoms. The number of hydrogen-bond donors (Lipinski definition) is 0. The van der Waals surface area contributed by atoms with Crippen molar-refractivity contribution in [2.75, 3.05) is 18.0 Å². The van der Waals surface area contributed by atoms with E-state index in [9.17, 15) is 18.0 Å². The summed E-state index contributed by atoms with van der Waals surface area (Å²) < 4.78 is 47.2. The number of anilines is 1. The maximum absolute atomic E-state index is 14.8. The molecule has 7 nitrogen and oxygen atoms in total. The Kier molecular flexibility index (Phi) is 4.78. The highest BCUT2D eigenvalue weighted by Gasteiger charge is 2.41. The van der Waals surface area contributed by atoms with Gasteiger partial charge in [-0.3, -0.25) is 4.79 Å². The van der Waals surface area contributed by atoms with E-state index in [0.717, 1.165) is 23.2 Å². The number of hydrazone groups is 1. The van der Waals surface area contributed by atoms with Crippen LogP contribution >= 0.6 is 0 Å². The molecule has 2 aromatic rings. The van der Waals surface area contributed by atoms with Crippen LogP contribution in [-0.4, -0.2) is 46.6 Å². The molecule has 3 heterocycles. The van der Waals surface area contributed by atoms with Crippen LogP contribution in [0.2, 0.25) is 0 Å². The molecule has 0 bridgehead atoms. The van der Waals surface area contributed by atoms with Gasteiger partial charge in [-0.2, -0.15) is 5.10 Å². The fourth-order valence-electron chi connectivity index (χ4n) is 3.61. The number of hydrogen-bond acceptors (Lipinski definition) is 6. The number of benzene rings is 1. The third kappa shape index (κ3) is 3.46. The number of aryl methyl sites for hydroxylation is 1. The fraction of sp³-hybridized carbons (Fsp3) is 0.444. The third-order valence-corrected chi connectivity index (χ3v) is 4.97. The van der Waals surface area contributed by atoms with Crippen molar-refractivity contribution in [3.05, 3.63) is 41.3 Å². The number of amides is 1. The Hall–Kier alpha value is -2.91. The zero-order valence-corrected chi connectivity index (χ0v) is 15.1. The fourth-order valence-corrected chi connectivity index (χ4v) is 3.61. The highest BCUT2D eigenvalue weighted by molar-refractivity contribution is 5.82. The van der Waals surface area contributed by atoms with Gasteiger partial charge in [-0.25, -0.2) is 18.2 Å². The molecule has 3 atom stereocenters. The second-order valence-corrected chi connectivity index (χ2v) is 6.90. The minimum atomic E-state index is -1.46. The van der Waals surface area contributed by atoms with Crippen LogP contribution in [0.5, 0.6) is 0 Å². The van der Waals surface area contributed by atoms with Crippen LogP contribution in [0, 0.1) is 24.5 Å². The topological polar surface area (TPSA) is 74.8 Å². The molecule has 2 aliphatic rings. The molecule has 148 valence electrons. The molecular weight excluding hydrogens is 375 g/mol. The number of piperidine rings is 1. The van der Waals surface area contributed by atoms with Gasteiger partial charge in [-0.05, 0) is 24.1 Å². The number of carbonyl (C=O) groups excluding carboxylic acids is 1. The normalized spacial score (nSPS) is 24.8. The summed E-state index contributed by atoms with van der Waals surface area (Å²) in [5.74, 6) is -2.50. The van der Waals surface area contributed by atoms with Crippen molar-refractivity contribution in [1.29, 1.82) is 0 Å². The highest BCUT2D eigenvalue weighted by Crippen LogP contribution is 2.34. The van der Waals surface area contributed by atoms with E-state index >= 15 is 0 Å². The second-order valence-electron chi connectivity index (χ2n) is 6.90. The molecule has 0 unspecified atom stereocenters. The molecule has 0 spiro atoms. The van der Waals surface area contributed by atoms with Crippen LogP contribution in [0.3, 0.4) is 0 Å². The number of halogens is 3. The molecule has 0 radical (unpaired) electrons. The molecule has 0 saturated carbocycles. The van der Waals surface area contributed by atoms with Gasteiger partial charge in [0.15, 0.2) is 0 Å². The van der Waals surface area contributed by atoms with Gasteiger partial charge < -0.3 is 9.32 Å². The first-order valence-corrected chi connectivity index (χ1v) is 8.93. The van der Waals surface area contributed by atoms with Crippen LogP contribution in [0.15, 0.2) is 27.7 Å². The summed E-state index contributed by atoms with van der Waals surface area (Å²) in [6.07, 6.45) is 0.576. The number of alkyl halides is 1. The third-order valence-electron chi connectivity index (χ3n) is 4.97. The summed E-state index contributed by atoms with van der Waals surface area (Å²) >= 11 is 0. The van der Waals surface area contributed by atoms with Crippen LogP contribution in [0.4, 0.5) is 19.2 Å². The predicted octanol–water partition coefficient (Wildman–Crippen LogP) is 2.78. The Morgan fingerprint density at radius 1 is 1.21 bits per heavy atom. The first kappa shape index (κ1) is 18.5. The molecule has 1 aromatic heterocycles. The highest BCUT2D eigenvalue weighted by atomic mass is 19.1. The van der Waals surface area contributed by atoms with Crippen LogP contribution in [0.25, 0.3) is 0 Å². The molecule has 4 rings (SSSR count). The average molecular weight is 393 g/mol. The predicted molar refractivity (Wildman–Crippen MR) is 93.3 cm³/mol. The van der Waals surface area contributed by atoms with Crippen molar-refractivity contribution >= 4 is 18.1 Å². The van der Waals surface area contributed by atoms with Crippen molar-refractivity contribution in [2.45, 2.75) is 32.0 Å². The molecule has 10 heteroatoms. The lowest BCUT2D eigenvalue weighted by Crippen LogP contribution is -2.48. The van der Waals surface area contributed by atoms with E-state index in [1.165, 1.54) is 6.21 Å². The second kappa shape index (κ2) is 7.25. The number of nitrogens with zero attached hydrogens (tertiary/aromatic N) is 5. The van der Waals surface area contributed by atoms with E-state index in [1.54, 1.807) is 11.8 Å². The van der Waals surface area contributed by atoms with E-state index in [1.807, 2.05) is 0 Å². The lowest BCUT2D eigenvalue weighted by molar-refractivity contribution is -0.140. The maximum Gasteiger partial charge on any atom is 0.318 e. The van der Waals surface area contributed by atoms with Crippen LogP contribution in [0.1, 0.15) is 30.3 Å². The van der Waals surface area contributed by atoms with Crippen molar-refractivity contribution < 1.29 is 22.4 Å². The van der Waals surface area contributed by atoms with Crippen molar-refractivity contribution in [1.82, 2.24) is 15.2 Å². The number of rotatable bonds is 3. The number of carbonyl (C=O) groups is 1. The van der Waals surface area contributed by atoms with Crippen LogP contribution in [-0.2, 0) is 4.79 Å². The minimum absolute atomic E-state index is 0.0607. The van der Waals surface area contributed by atoms with Gasteiger partial charge in [0, 0.05) is 32.2 Å². The summed E-state index contributed by atoms with van der Waals surface area (Å²) in [5, 5.41) is 12.8. The molecule has 1 saturated heterocycles. The van der Waals surface area contributed by atoms with Crippen LogP contribution < -0.4 is 4.90 Å². The van der Waals surface area contributed by atoms with Crippen molar-refractivity contribution in [3.8, 4) is 0 Å². The summed E-state index contributed by atoms with van der Waals surface area (Å²) in [5.41, 5.74) is 0.289. The molecule has 1 fully saturated rings. The number of aromatic nitrogens is 2. The van der Waals surface area contributed by atoms with Gasteiger partial charge in [0.25, 0.3) is 0 Å². The Balaban J connectivity index is 1.48. The first-order valence-electron chi connectivity index (χ1n) is 8.93. The van der Waals surface area contributed by atoms with Crippen molar-refractivity contribution in [3.63, 3.8) is 0 Å². The van der Waals surface area contributed by atoms with Gasteiger partial charge in [-0.1, -0.05) is 5.10 Å². The average Bonchev–Trinajstić information content (AvgIpc) is 3.29. The Morgan fingerprint density at radius 2 is 1.96 bits per heavy atom. The van der Waals surface area contributed by atoms with E-state index in [4.69, 9.17) is 4.42 Å². The smallest absolute Gasteiger partial charge is 0.318 e. The molecule has 1 aromatic carbocycles. The van der Waals surface area contributed by atoms with E-state index in [-0.39, 0.29) is 24.5 Å². The Bertz CT molecular complexity index is 898. The Labute approximate surface area is 158 Å². The molecule has 0 aliphatic carbocycles. The Morgan fingerprint density at radius 3 is 2.61 bits per heavy atom. The zero-order valence-electron chi connectivity index (χ0n) is 15.1. The lowest BCUT2D eigenvalue weighted by Gasteiger charge is -2.35. The van der Waals surface area contributed by atoms with Gasteiger partial charge in [0.2, 0.25) is 11.8 Å². The molecule has 1 amide bonds. The zero-order chi connectivity index (χ0) is 19.8. The summed E-state index contributed by atoms with van der Waals surface area (Å²) in [4.78, 5) is 14.5. The van der Waals surface area contributed by atoms with Gasteiger partial charge in [0.1, 0.15) is 17.8 Å². The molecular formula is C18H18F3N5O2. The van der Waals surface area contributed by atoms with Gasteiger partial charge in [-0.15, -0.1) is 5.10 Å². The maximum atomic E-state index is 14.8. The quantitative estimate of drug-likeness (QED) is 0.802. The SMILES string of the molecule is Cc1nnc(N2CC[C@H](C(=O)N3N=CC[C@H]3c3cc(F)cc(F)c3)[C@H](F)C2)o1. The molecule has 2 aliphatic heterocycles. The van der Waals surface area contributed by atoms with E-state index < -0.39 is 35.7 Å². The first-order chi connectivity index (χ1) is 13.4. The monoisotopic (exact) mass is 393 g/mol. The molecule has 0 N–H and O–H groups in total. The summed E-state index contributed by atoms with van der Waals surface area (Å²) in [6.45, 7) is 1.95. The summed E-state index contributed by atoms with van der Waals surface area (Å²) in [7, 11) is 0. The standard InChI is InChI=1S/C18H18F3N5O2/c1-10-23-24-18(28-10)25-5-3-14(15(21)9-25)17(27)26-16(2-4-22-26)11-6-12(19)8-13(20)7-11/h4,6-8,14-16H,2-3,5,9H2,1H3/t14-,15+,16-/m0/s1. The summed E-state index contributed by atoms with van der Waals surface area (Å²) in [6, 6.07) is 2.66. The van der Waals surface area contributed by atoms with Gasteiger partial charge in [0.05, 0.1) is 18.5 Å². The van der Waals surface area contributed by atoms with E-state index in [0.29, 0.717) is 18.9 Å². The minimum Gasteiger partial charge on any atom is -0.408 e. The lowest BCUT2D eigenvalue weighted by atomic mass is 9.93.